The molecule has 2 saturated heterocycles. The second-order valence-corrected chi connectivity index (χ2v) is 8.34. The Morgan fingerprint density at radius 2 is 1.94 bits per heavy atom. The number of hydrogen-bond donors (Lipinski definition) is 2. The summed E-state index contributed by atoms with van der Waals surface area (Å²) in [6, 6.07) is 7.42. The average molecular weight is 500 g/mol. The van der Waals surface area contributed by atoms with E-state index in [0.29, 0.717) is 24.5 Å². The highest BCUT2D eigenvalue weighted by Gasteiger charge is 2.33. The zero-order valence-electron chi connectivity index (χ0n) is 19.5. The number of cyclic esters (lactones) is 1. The fourth-order valence-electron chi connectivity index (χ4n) is 4.07. The maximum absolute atomic E-state index is 15.0. The van der Waals surface area contributed by atoms with E-state index in [0.717, 1.165) is 6.08 Å². The molecule has 0 radical (unpaired) electrons. The minimum absolute atomic E-state index is 0.0833. The maximum atomic E-state index is 15.0. The molecule has 3 amide bonds. The molecule has 2 N–H and O–H groups in total. The number of benzene rings is 1. The van der Waals surface area contributed by atoms with Gasteiger partial charge >= 0.3 is 12.1 Å². The summed E-state index contributed by atoms with van der Waals surface area (Å²) in [6.45, 7) is 2.93. The van der Waals surface area contributed by atoms with E-state index >= 15 is 0 Å². The van der Waals surface area contributed by atoms with Crippen LogP contribution in [0.1, 0.15) is 12.7 Å². The minimum atomic E-state index is -1.28. The van der Waals surface area contributed by atoms with Crippen molar-refractivity contribution in [1.82, 2.24) is 10.2 Å². The molecule has 3 heterocycles. The summed E-state index contributed by atoms with van der Waals surface area (Å²) in [7, 11) is 0. The molecular formula is C24H25FN4O7. The van der Waals surface area contributed by atoms with Gasteiger partial charge in [0.15, 0.2) is 0 Å². The number of nitrogens with one attached hydrogen (secondary N) is 1. The lowest BCUT2D eigenvalue weighted by atomic mass is 10.1. The number of piperazine rings is 1. The number of aliphatic carboxylic acids is 1. The van der Waals surface area contributed by atoms with Crippen molar-refractivity contribution in [2.45, 2.75) is 13.0 Å². The number of rotatable bonds is 7. The Kier molecular flexibility index (Phi) is 7.23. The second-order valence-electron chi connectivity index (χ2n) is 8.34. The van der Waals surface area contributed by atoms with Crippen molar-refractivity contribution in [1.29, 1.82) is 0 Å². The molecule has 1 aromatic carbocycles. The Morgan fingerprint density at radius 1 is 1.19 bits per heavy atom. The van der Waals surface area contributed by atoms with Gasteiger partial charge in [-0.2, -0.15) is 0 Å². The second kappa shape index (κ2) is 10.5. The monoisotopic (exact) mass is 500 g/mol. The van der Waals surface area contributed by atoms with E-state index in [1.54, 1.807) is 17.0 Å². The summed E-state index contributed by atoms with van der Waals surface area (Å²) >= 11 is 0. The predicted octanol–water partition coefficient (Wildman–Crippen LogP) is 1.70. The molecule has 0 spiro atoms. The van der Waals surface area contributed by atoms with Gasteiger partial charge in [0, 0.05) is 39.2 Å². The quantitative estimate of drug-likeness (QED) is 0.549. The fraction of sp³-hybridized carbons (Fsp3) is 0.333. The van der Waals surface area contributed by atoms with E-state index in [4.69, 9.17) is 9.15 Å². The van der Waals surface area contributed by atoms with Gasteiger partial charge in [-0.25, -0.2) is 14.0 Å². The number of amides is 3. The van der Waals surface area contributed by atoms with Gasteiger partial charge in [0.05, 0.1) is 30.7 Å². The molecule has 12 heteroatoms. The lowest BCUT2D eigenvalue weighted by molar-refractivity contribution is -0.131. The first kappa shape index (κ1) is 24.8. The summed E-state index contributed by atoms with van der Waals surface area (Å²) in [5.74, 6) is -2.43. The zero-order valence-corrected chi connectivity index (χ0v) is 19.5. The van der Waals surface area contributed by atoms with Crippen LogP contribution in [0, 0.1) is 5.82 Å². The summed E-state index contributed by atoms with van der Waals surface area (Å²) in [5.41, 5.74) is 0.420. The summed E-state index contributed by atoms with van der Waals surface area (Å²) < 4.78 is 25.3. The van der Waals surface area contributed by atoms with Crippen LogP contribution in [0.3, 0.4) is 0 Å². The lowest BCUT2D eigenvalue weighted by Gasteiger charge is -2.36. The Morgan fingerprint density at radius 3 is 2.56 bits per heavy atom. The van der Waals surface area contributed by atoms with E-state index in [1.807, 2.05) is 0 Å². The van der Waals surface area contributed by atoms with E-state index in [1.165, 1.54) is 41.2 Å². The zero-order chi connectivity index (χ0) is 25.8. The van der Waals surface area contributed by atoms with Crippen LogP contribution in [0.4, 0.5) is 20.6 Å². The smallest absolute Gasteiger partial charge is 0.414 e. The van der Waals surface area contributed by atoms with E-state index in [-0.39, 0.29) is 43.4 Å². The van der Waals surface area contributed by atoms with Gasteiger partial charge in [-0.1, -0.05) is 0 Å². The molecule has 0 unspecified atom stereocenters. The maximum Gasteiger partial charge on any atom is 0.414 e. The number of carbonyl (C=O) groups excluding carboxylic acids is 3. The first-order valence-electron chi connectivity index (χ1n) is 11.3. The molecule has 0 saturated carbocycles. The highest BCUT2D eigenvalue weighted by atomic mass is 19.1. The number of furan rings is 1. The van der Waals surface area contributed by atoms with Crippen molar-refractivity contribution in [2.24, 2.45) is 0 Å². The number of carboxylic acids is 1. The highest BCUT2D eigenvalue weighted by molar-refractivity contribution is 6.19. The first-order valence-corrected chi connectivity index (χ1v) is 11.3. The number of carboxylic acid groups (broad SMARTS) is 1. The van der Waals surface area contributed by atoms with Crippen LogP contribution in [0.2, 0.25) is 0 Å². The van der Waals surface area contributed by atoms with Crippen molar-refractivity contribution in [2.75, 3.05) is 49.1 Å². The molecule has 2 aliphatic heterocycles. The van der Waals surface area contributed by atoms with Crippen LogP contribution in [-0.2, 0) is 19.1 Å². The standard InChI is InChI=1S/C24H25FN4O7/c1-15(30)26-13-17-14-29(24(34)36-17)16-4-5-20(19(25)11-16)27-6-8-28(9-7-27)22(31)12-18(23(32)33)21-3-2-10-35-21/h2-5,10-12,17H,6-9,13-14H2,1H3,(H,26,30)(H,32,33)/b18-12+/t17-/m0/s1. The molecule has 2 aliphatic rings. The fourth-order valence-corrected chi connectivity index (χ4v) is 4.07. The van der Waals surface area contributed by atoms with Crippen LogP contribution in [-0.4, -0.2) is 79.3 Å². The third-order valence-electron chi connectivity index (χ3n) is 5.91. The Labute approximate surface area is 205 Å². The Hall–Kier alpha value is -4.35. The van der Waals surface area contributed by atoms with Crippen LogP contribution >= 0.6 is 0 Å². The molecule has 2 fully saturated rings. The van der Waals surface area contributed by atoms with Crippen LogP contribution < -0.4 is 15.1 Å². The van der Waals surface area contributed by atoms with Crippen molar-refractivity contribution in [3.63, 3.8) is 0 Å². The summed E-state index contributed by atoms with van der Waals surface area (Å²) in [4.78, 5) is 52.0. The van der Waals surface area contributed by atoms with Gasteiger partial charge in [0.25, 0.3) is 0 Å². The van der Waals surface area contributed by atoms with Crippen molar-refractivity contribution in [3.8, 4) is 0 Å². The molecule has 1 atom stereocenters. The highest BCUT2D eigenvalue weighted by Crippen LogP contribution is 2.28. The van der Waals surface area contributed by atoms with Gasteiger partial charge in [0.2, 0.25) is 11.8 Å². The third kappa shape index (κ3) is 5.48. The molecular weight excluding hydrogens is 475 g/mol. The average Bonchev–Trinajstić information content (AvgIpc) is 3.51. The van der Waals surface area contributed by atoms with E-state index in [2.05, 4.69) is 5.32 Å². The number of ether oxygens (including phenoxy) is 1. The van der Waals surface area contributed by atoms with Gasteiger partial charge in [-0.3, -0.25) is 14.5 Å². The Balaban J connectivity index is 1.37. The molecule has 36 heavy (non-hydrogen) atoms. The molecule has 2 aromatic rings. The lowest BCUT2D eigenvalue weighted by Crippen LogP contribution is -2.48. The number of carbonyl (C=O) groups is 4. The van der Waals surface area contributed by atoms with Gasteiger partial charge in [0.1, 0.15) is 23.3 Å². The molecule has 4 rings (SSSR count). The van der Waals surface area contributed by atoms with Gasteiger partial charge < -0.3 is 29.4 Å². The summed E-state index contributed by atoms with van der Waals surface area (Å²) in [5, 5.41) is 12.0. The number of anilines is 2. The number of halogens is 1. The molecule has 11 nitrogen and oxygen atoms in total. The topological polar surface area (TPSA) is 133 Å². The number of nitrogens with zero attached hydrogens (tertiary/aromatic N) is 3. The molecule has 190 valence electrons. The van der Waals surface area contributed by atoms with Crippen molar-refractivity contribution >= 4 is 40.8 Å². The van der Waals surface area contributed by atoms with Gasteiger partial charge in [-0.05, 0) is 30.3 Å². The third-order valence-corrected chi connectivity index (χ3v) is 5.91. The van der Waals surface area contributed by atoms with Crippen molar-refractivity contribution in [3.05, 3.63) is 54.2 Å². The summed E-state index contributed by atoms with van der Waals surface area (Å²) in [6.07, 6.45) is 1.21. The van der Waals surface area contributed by atoms with Crippen LogP contribution in [0.5, 0.6) is 0 Å². The van der Waals surface area contributed by atoms with E-state index < -0.39 is 29.9 Å². The van der Waals surface area contributed by atoms with Crippen LogP contribution in [0.25, 0.3) is 5.57 Å². The first-order chi connectivity index (χ1) is 17.2. The molecule has 0 aliphatic carbocycles. The predicted molar refractivity (Wildman–Crippen MR) is 126 cm³/mol. The SMILES string of the molecule is CC(=O)NC[C@H]1CN(c2ccc(N3CCN(C(=O)/C=C(/C(=O)O)c4ccco4)CC3)c(F)c2)C(=O)O1. The minimum Gasteiger partial charge on any atom is -0.478 e. The Bertz CT molecular complexity index is 1190. The molecule has 1 aromatic heterocycles. The largest absolute Gasteiger partial charge is 0.478 e. The van der Waals surface area contributed by atoms with Crippen molar-refractivity contribution < 1.29 is 37.8 Å². The van der Waals surface area contributed by atoms with E-state index in [9.17, 15) is 28.7 Å². The van der Waals surface area contributed by atoms with Gasteiger partial charge in [-0.15, -0.1) is 0 Å². The normalized spacial score (nSPS) is 18.3. The molecule has 0 bridgehead atoms. The van der Waals surface area contributed by atoms with Crippen LogP contribution in [0.15, 0.2) is 47.1 Å². The number of hydrogen-bond acceptors (Lipinski definition) is 7.